The Morgan fingerprint density at radius 3 is 1.55 bits per heavy atom. The maximum absolute atomic E-state index is 13.2. The van der Waals surface area contributed by atoms with E-state index in [0.29, 0.717) is 34.1 Å². The number of carbonyl (C=O) groups is 2. The zero-order chi connectivity index (χ0) is 27.5. The summed E-state index contributed by atoms with van der Waals surface area (Å²) in [6.07, 6.45) is 15.6. The van der Waals surface area contributed by atoms with E-state index in [0.717, 1.165) is 0 Å². The quantitative estimate of drug-likeness (QED) is 0.221. The summed E-state index contributed by atoms with van der Waals surface area (Å²) in [5.74, 6) is 0.849. The smallest absolute Gasteiger partial charge is 0.189 e. The summed E-state index contributed by atoms with van der Waals surface area (Å²) < 4.78 is 21.1. The first-order chi connectivity index (χ1) is 18.4. The summed E-state index contributed by atoms with van der Waals surface area (Å²) in [6, 6.07) is 10.4. The van der Waals surface area contributed by atoms with Crippen molar-refractivity contribution in [3.8, 4) is 23.0 Å². The Morgan fingerprint density at radius 1 is 0.658 bits per heavy atom. The third kappa shape index (κ3) is 7.61. The molecule has 38 heavy (non-hydrogen) atoms. The van der Waals surface area contributed by atoms with E-state index in [9.17, 15) is 14.7 Å². The van der Waals surface area contributed by atoms with Crippen LogP contribution in [0.25, 0.3) is 12.2 Å². The molecular formula is C31H30O7. The van der Waals surface area contributed by atoms with Crippen LogP contribution in [0.15, 0.2) is 96.3 Å². The van der Waals surface area contributed by atoms with Gasteiger partial charge < -0.3 is 24.1 Å². The monoisotopic (exact) mass is 514 g/mol. The Balaban J connectivity index is 1.95. The predicted molar refractivity (Wildman–Crippen MR) is 148 cm³/mol. The summed E-state index contributed by atoms with van der Waals surface area (Å²) in [7, 11) is 6.15. The highest BCUT2D eigenvalue weighted by molar-refractivity contribution is 6.10. The number of ether oxygens (including phenoxy) is 4. The van der Waals surface area contributed by atoms with Crippen LogP contribution in [0.4, 0.5) is 0 Å². The van der Waals surface area contributed by atoms with Crippen LogP contribution in [0.3, 0.4) is 0 Å². The second-order valence-corrected chi connectivity index (χ2v) is 8.15. The first-order valence-electron chi connectivity index (χ1n) is 11.7. The topological polar surface area (TPSA) is 91.3 Å². The first-order valence-corrected chi connectivity index (χ1v) is 11.7. The number of hydrogen-bond acceptors (Lipinski definition) is 7. The lowest BCUT2D eigenvalue weighted by Gasteiger charge is -2.06. The molecule has 2 aromatic rings. The fraction of sp³-hybridized carbons (Fsp3) is 0.161. The molecule has 0 heterocycles. The predicted octanol–water partition coefficient (Wildman–Crippen LogP) is 5.70. The summed E-state index contributed by atoms with van der Waals surface area (Å²) >= 11 is 0. The molecule has 0 bridgehead atoms. The van der Waals surface area contributed by atoms with Crippen molar-refractivity contribution in [3.63, 3.8) is 0 Å². The van der Waals surface area contributed by atoms with Crippen LogP contribution in [0.5, 0.6) is 23.0 Å². The molecule has 0 spiro atoms. The van der Waals surface area contributed by atoms with Crippen molar-refractivity contribution >= 4 is 23.7 Å². The number of aliphatic hydroxyl groups excluding tert-OH is 1. The standard InChI is InChI=1S/C31H30O7/c1-35-24-15-21(16-25(19-24)36-2)9-12-30(33)28(11-14-29(32)23-7-5-6-8-23)31(34)13-10-22-17-26(37-3)20-27(18-22)38-4/h5-20,23,33H,1-4H3/b12-9+,13-10+,14-11+,30-28-. The van der Waals surface area contributed by atoms with E-state index in [1.165, 1.54) is 52.7 Å². The van der Waals surface area contributed by atoms with E-state index < -0.39 is 11.7 Å². The molecule has 1 aliphatic rings. The minimum Gasteiger partial charge on any atom is -0.507 e. The third-order valence-electron chi connectivity index (χ3n) is 5.64. The largest absolute Gasteiger partial charge is 0.507 e. The molecule has 1 aliphatic carbocycles. The van der Waals surface area contributed by atoms with Gasteiger partial charge in [-0.2, -0.15) is 0 Å². The van der Waals surface area contributed by atoms with Crippen molar-refractivity contribution < 1.29 is 33.6 Å². The van der Waals surface area contributed by atoms with Crippen molar-refractivity contribution in [2.24, 2.45) is 5.92 Å². The number of allylic oxidation sites excluding steroid dienone is 9. The number of hydrogen-bond donors (Lipinski definition) is 1. The van der Waals surface area contributed by atoms with Gasteiger partial charge in [0, 0.05) is 12.1 Å². The zero-order valence-corrected chi connectivity index (χ0v) is 21.7. The van der Waals surface area contributed by atoms with Gasteiger partial charge in [-0.1, -0.05) is 36.5 Å². The van der Waals surface area contributed by atoms with Gasteiger partial charge in [-0.15, -0.1) is 0 Å². The second kappa shape index (κ2) is 13.5. The highest BCUT2D eigenvalue weighted by Gasteiger charge is 2.14. The Bertz CT molecular complexity index is 1300. The van der Waals surface area contributed by atoms with Gasteiger partial charge in [-0.3, -0.25) is 9.59 Å². The molecule has 1 N–H and O–H groups in total. The Hall–Kier alpha value is -4.78. The van der Waals surface area contributed by atoms with E-state index >= 15 is 0 Å². The molecule has 0 aromatic heterocycles. The van der Waals surface area contributed by atoms with Crippen LogP contribution in [0, 0.1) is 5.92 Å². The van der Waals surface area contributed by atoms with Crippen LogP contribution < -0.4 is 18.9 Å². The normalized spacial score (nSPS) is 13.9. The molecular weight excluding hydrogens is 484 g/mol. The minimum absolute atomic E-state index is 0.0541. The molecule has 7 heteroatoms. The van der Waals surface area contributed by atoms with Crippen LogP contribution in [0.2, 0.25) is 0 Å². The van der Waals surface area contributed by atoms with Crippen molar-refractivity contribution in [3.05, 3.63) is 107 Å². The molecule has 0 aliphatic heterocycles. The number of aliphatic hydroxyl groups is 1. The van der Waals surface area contributed by atoms with Crippen LogP contribution in [-0.4, -0.2) is 45.1 Å². The number of methoxy groups -OCH3 is 4. The molecule has 0 unspecified atom stereocenters. The maximum Gasteiger partial charge on any atom is 0.189 e. The van der Waals surface area contributed by atoms with Crippen molar-refractivity contribution in [1.29, 1.82) is 0 Å². The molecule has 0 fully saturated rings. The highest BCUT2D eigenvalue weighted by atomic mass is 16.5. The summed E-state index contributed by atoms with van der Waals surface area (Å²) in [5, 5.41) is 10.9. The average molecular weight is 515 g/mol. The lowest BCUT2D eigenvalue weighted by atomic mass is 10.0. The van der Waals surface area contributed by atoms with E-state index in [2.05, 4.69) is 0 Å². The number of rotatable bonds is 12. The Morgan fingerprint density at radius 2 is 1.11 bits per heavy atom. The van der Waals surface area contributed by atoms with Crippen molar-refractivity contribution in [2.75, 3.05) is 28.4 Å². The van der Waals surface area contributed by atoms with Crippen LogP contribution in [-0.2, 0) is 9.59 Å². The highest BCUT2D eigenvalue weighted by Crippen LogP contribution is 2.25. The number of carbonyl (C=O) groups excluding carboxylic acids is 2. The van der Waals surface area contributed by atoms with Gasteiger partial charge in [0.2, 0.25) is 0 Å². The third-order valence-corrected chi connectivity index (χ3v) is 5.64. The van der Waals surface area contributed by atoms with Gasteiger partial charge in [-0.05, 0) is 59.7 Å². The van der Waals surface area contributed by atoms with Crippen LogP contribution >= 0.6 is 0 Å². The number of ketones is 2. The van der Waals surface area contributed by atoms with Gasteiger partial charge in [0.05, 0.1) is 39.9 Å². The van der Waals surface area contributed by atoms with Gasteiger partial charge >= 0.3 is 0 Å². The summed E-state index contributed by atoms with van der Waals surface area (Å²) in [6.45, 7) is 0. The molecule has 3 rings (SSSR count). The van der Waals surface area contributed by atoms with Gasteiger partial charge in [0.25, 0.3) is 0 Å². The van der Waals surface area contributed by atoms with E-state index in [1.807, 2.05) is 0 Å². The molecule has 196 valence electrons. The van der Waals surface area contributed by atoms with Gasteiger partial charge in [-0.25, -0.2) is 0 Å². The van der Waals surface area contributed by atoms with Gasteiger partial charge in [0.1, 0.15) is 28.8 Å². The average Bonchev–Trinajstić information content (AvgIpc) is 3.49. The number of benzene rings is 2. The zero-order valence-electron chi connectivity index (χ0n) is 21.7. The Labute approximate surface area is 222 Å². The van der Waals surface area contributed by atoms with E-state index in [1.54, 1.807) is 72.9 Å². The van der Waals surface area contributed by atoms with Gasteiger partial charge in [0.15, 0.2) is 11.6 Å². The summed E-state index contributed by atoms with van der Waals surface area (Å²) in [4.78, 5) is 25.7. The van der Waals surface area contributed by atoms with E-state index in [-0.39, 0.29) is 17.1 Å². The van der Waals surface area contributed by atoms with Crippen molar-refractivity contribution in [2.45, 2.75) is 0 Å². The lowest BCUT2D eigenvalue weighted by Crippen LogP contribution is -2.06. The first kappa shape index (κ1) is 27.8. The summed E-state index contributed by atoms with van der Waals surface area (Å²) in [5.41, 5.74) is 1.29. The Kier molecular flexibility index (Phi) is 9.88. The van der Waals surface area contributed by atoms with Crippen LogP contribution in [0.1, 0.15) is 11.1 Å². The molecule has 0 saturated carbocycles. The SMILES string of the molecule is COc1cc(/C=C/C(=O)C(/C=C/C(=O)C2C=CC=C2)=C(O)/C=C/c2cc(OC)cc(OC)c2)cc(OC)c1. The lowest BCUT2D eigenvalue weighted by molar-refractivity contribution is -0.115. The molecule has 2 aromatic carbocycles. The fourth-order valence-corrected chi connectivity index (χ4v) is 3.57. The molecule has 0 saturated heterocycles. The second-order valence-electron chi connectivity index (χ2n) is 8.15. The minimum atomic E-state index is -0.501. The molecule has 0 amide bonds. The maximum atomic E-state index is 13.2. The molecule has 0 atom stereocenters. The van der Waals surface area contributed by atoms with E-state index in [4.69, 9.17) is 18.9 Å². The molecule has 0 radical (unpaired) electrons. The fourth-order valence-electron chi connectivity index (χ4n) is 3.57. The molecule has 7 nitrogen and oxygen atoms in total. The van der Waals surface area contributed by atoms with Crippen molar-refractivity contribution in [1.82, 2.24) is 0 Å².